The summed E-state index contributed by atoms with van der Waals surface area (Å²) in [6, 6.07) is 3.80. The van der Waals surface area contributed by atoms with E-state index in [2.05, 4.69) is 0 Å². The molecule has 1 unspecified atom stereocenters. The highest BCUT2D eigenvalue weighted by molar-refractivity contribution is 5.77. The third-order valence-electron chi connectivity index (χ3n) is 2.87. The number of hydrogen-bond donors (Lipinski definition) is 2. The van der Waals surface area contributed by atoms with Gasteiger partial charge in [0.25, 0.3) is 0 Å². The van der Waals surface area contributed by atoms with Gasteiger partial charge in [0.2, 0.25) is 0 Å². The Hall–Kier alpha value is -1.66. The molecule has 98 valence electrons. The molecule has 2 N–H and O–H groups in total. The molecule has 0 aromatic heterocycles. The van der Waals surface area contributed by atoms with Crippen molar-refractivity contribution in [1.29, 1.82) is 0 Å². The van der Waals surface area contributed by atoms with Gasteiger partial charge in [-0.15, -0.1) is 0 Å². The number of carboxylic acids is 1. The molecule has 18 heavy (non-hydrogen) atoms. The first kappa shape index (κ1) is 12.8. The van der Waals surface area contributed by atoms with Crippen LogP contribution in [-0.2, 0) is 9.53 Å². The predicted octanol–water partition coefficient (Wildman–Crippen LogP) is 0.780. The van der Waals surface area contributed by atoms with Gasteiger partial charge in [0.15, 0.2) is 6.10 Å². The summed E-state index contributed by atoms with van der Waals surface area (Å²) in [5.74, 6) is -1.96. The summed E-state index contributed by atoms with van der Waals surface area (Å²) in [5.41, 5.74) is 0.610. The van der Waals surface area contributed by atoms with E-state index in [1.807, 2.05) is 4.90 Å². The van der Waals surface area contributed by atoms with Gasteiger partial charge >= 0.3 is 5.97 Å². The molecule has 0 radical (unpaired) electrons. The highest BCUT2D eigenvalue weighted by Crippen LogP contribution is 2.28. The highest BCUT2D eigenvalue weighted by atomic mass is 19.1. The molecule has 1 fully saturated rings. The topological polar surface area (TPSA) is 70.0 Å². The first-order valence-electron chi connectivity index (χ1n) is 5.62. The summed E-state index contributed by atoms with van der Waals surface area (Å²) in [6.07, 6.45) is -1.72. The Balaban J connectivity index is 2.36. The van der Waals surface area contributed by atoms with Crippen molar-refractivity contribution < 1.29 is 24.1 Å². The van der Waals surface area contributed by atoms with Gasteiger partial charge in [-0.3, -0.25) is 0 Å². The van der Waals surface area contributed by atoms with Crippen LogP contribution in [-0.4, -0.2) is 42.5 Å². The fraction of sp³-hybridized carbons (Fsp3) is 0.417. The number of aliphatic hydroxyl groups is 1. The van der Waals surface area contributed by atoms with Gasteiger partial charge < -0.3 is 19.8 Å². The summed E-state index contributed by atoms with van der Waals surface area (Å²) >= 11 is 0. The van der Waals surface area contributed by atoms with E-state index in [4.69, 9.17) is 9.84 Å². The first-order chi connectivity index (χ1) is 8.59. The average Bonchev–Trinajstić information content (AvgIpc) is 2.38. The summed E-state index contributed by atoms with van der Waals surface area (Å²) < 4.78 is 18.4. The number of carboxylic acid groups (broad SMARTS) is 1. The van der Waals surface area contributed by atoms with E-state index in [1.165, 1.54) is 12.1 Å². The number of rotatable bonds is 3. The molecule has 0 spiro atoms. The molecule has 1 aliphatic rings. The molecule has 1 atom stereocenters. The minimum absolute atomic E-state index is 0.0735. The number of hydrogen-bond acceptors (Lipinski definition) is 4. The fourth-order valence-corrected chi connectivity index (χ4v) is 1.97. The van der Waals surface area contributed by atoms with Crippen LogP contribution in [0.2, 0.25) is 0 Å². The van der Waals surface area contributed by atoms with Crippen molar-refractivity contribution in [2.45, 2.75) is 6.10 Å². The van der Waals surface area contributed by atoms with Crippen LogP contribution in [0.5, 0.6) is 0 Å². The second-order valence-electron chi connectivity index (χ2n) is 4.04. The minimum atomic E-state index is -1.72. The third-order valence-corrected chi connectivity index (χ3v) is 2.87. The first-order valence-corrected chi connectivity index (χ1v) is 5.62. The van der Waals surface area contributed by atoms with Crippen LogP contribution in [0.3, 0.4) is 0 Å². The third kappa shape index (κ3) is 2.60. The van der Waals surface area contributed by atoms with E-state index in [9.17, 15) is 14.3 Å². The maximum atomic E-state index is 13.2. The molecule has 1 aromatic rings. The highest BCUT2D eigenvalue weighted by Gasteiger charge is 2.24. The molecule has 0 aliphatic carbocycles. The zero-order valence-corrected chi connectivity index (χ0v) is 9.67. The van der Waals surface area contributed by atoms with E-state index in [0.29, 0.717) is 32.0 Å². The standard InChI is InChI=1S/C12H14FNO4/c13-8-1-2-10(14-3-5-18-6-4-14)9(7-8)11(15)12(16)17/h1-2,7,11,15H,3-6H2,(H,16,17). The fourth-order valence-electron chi connectivity index (χ4n) is 1.97. The van der Waals surface area contributed by atoms with Crippen molar-refractivity contribution >= 4 is 11.7 Å². The number of benzene rings is 1. The summed E-state index contributed by atoms with van der Waals surface area (Å²) in [7, 11) is 0. The molecule has 1 saturated heterocycles. The molecular weight excluding hydrogens is 241 g/mol. The van der Waals surface area contributed by atoms with Crippen LogP contribution in [0.1, 0.15) is 11.7 Å². The van der Waals surface area contributed by atoms with E-state index in [-0.39, 0.29) is 5.56 Å². The summed E-state index contributed by atoms with van der Waals surface area (Å²) in [5, 5.41) is 18.4. The van der Waals surface area contributed by atoms with Crippen LogP contribution in [0.4, 0.5) is 10.1 Å². The van der Waals surface area contributed by atoms with Crippen molar-refractivity contribution in [2.75, 3.05) is 31.2 Å². The lowest BCUT2D eigenvalue weighted by molar-refractivity contribution is -0.146. The number of halogens is 1. The van der Waals surface area contributed by atoms with Gasteiger partial charge in [0.1, 0.15) is 5.82 Å². The van der Waals surface area contributed by atoms with E-state index >= 15 is 0 Å². The van der Waals surface area contributed by atoms with Crippen molar-refractivity contribution in [3.63, 3.8) is 0 Å². The number of aliphatic hydroxyl groups excluding tert-OH is 1. The lowest BCUT2D eigenvalue weighted by Crippen LogP contribution is -2.37. The van der Waals surface area contributed by atoms with E-state index in [1.54, 1.807) is 0 Å². The number of nitrogens with zero attached hydrogens (tertiary/aromatic N) is 1. The van der Waals surface area contributed by atoms with E-state index < -0.39 is 17.9 Å². The van der Waals surface area contributed by atoms with Gasteiger partial charge in [-0.25, -0.2) is 9.18 Å². The molecule has 0 amide bonds. The maximum absolute atomic E-state index is 13.2. The van der Waals surface area contributed by atoms with Crippen LogP contribution >= 0.6 is 0 Å². The number of anilines is 1. The normalized spacial score (nSPS) is 17.6. The molecule has 0 bridgehead atoms. The second-order valence-corrected chi connectivity index (χ2v) is 4.04. The van der Waals surface area contributed by atoms with Crippen molar-refractivity contribution in [2.24, 2.45) is 0 Å². The summed E-state index contributed by atoms with van der Waals surface area (Å²) in [4.78, 5) is 12.7. The van der Waals surface area contributed by atoms with Crippen LogP contribution in [0, 0.1) is 5.82 Å². The zero-order chi connectivity index (χ0) is 13.1. The number of carbonyl (C=O) groups is 1. The smallest absolute Gasteiger partial charge is 0.337 e. The maximum Gasteiger partial charge on any atom is 0.337 e. The molecule has 1 heterocycles. The van der Waals surface area contributed by atoms with Crippen molar-refractivity contribution in [3.8, 4) is 0 Å². The molecular formula is C12H14FNO4. The largest absolute Gasteiger partial charge is 0.479 e. The number of aliphatic carboxylic acids is 1. The quantitative estimate of drug-likeness (QED) is 0.835. The summed E-state index contributed by atoms with van der Waals surface area (Å²) in [6.45, 7) is 2.23. The minimum Gasteiger partial charge on any atom is -0.479 e. The molecule has 0 saturated carbocycles. The Kier molecular flexibility index (Phi) is 3.78. The molecule has 1 aliphatic heterocycles. The lowest BCUT2D eigenvalue weighted by Gasteiger charge is -2.31. The second kappa shape index (κ2) is 5.32. The van der Waals surface area contributed by atoms with Crippen LogP contribution < -0.4 is 4.90 Å². The Morgan fingerprint density at radius 3 is 2.67 bits per heavy atom. The lowest BCUT2D eigenvalue weighted by atomic mass is 10.1. The molecule has 2 rings (SSSR count). The Bertz CT molecular complexity index is 446. The van der Waals surface area contributed by atoms with Gasteiger partial charge in [-0.1, -0.05) is 0 Å². The Labute approximate surface area is 103 Å². The Morgan fingerprint density at radius 1 is 1.39 bits per heavy atom. The van der Waals surface area contributed by atoms with Gasteiger partial charge in [-0.05, 0) is 18.2 Å². The monoisotopic (exact) mass is 255 g/mol. The SMILES string of the molecule is O=C(O)C(O)c1cc(F)ccc1N1CCOCC1. The van der Waals surface area contributed by atoms with Gasteiger partial charge in [0.05, 0.1) is 13.2 Å². The van der Waals surface area contributed by atoms with E-state index in [0.717, 1.165) is 6.07 Å². The average molecular weight is 255 g/mol. The van der Waals surface area contributed by atoms with Crippen molar-refractivity contribution in [1.82, 2.24) is 0 Å². The van der Waals surface area contributed by atoms with Crippen LogP contribution in [0.15, 0.2) is 18.2 Å². The molecule has 6 heteroatoms. The number of morpholine rings is 1. The zero-order valence-electron chi connectivity index (χ0n) is 9.67. The molecule has 5 nitrogen and oxygen atoms in total. The van der Waals surface area contributed by atoms with Gasteiger partial charge in [-0.2, -0.15) is 0 Å². The molecule has 1 aromatic carbocycles. The van der Waals surface area contributed by atoms with Crippen LogP contribution in [0.25, 0.3) is 0 Å². The predicted molar refractivity (Wildman–Crippen MR) is 62.0 cm³/mol. The Morgan fingerprint density at radius 2 is 2.06 bits per heavy atom. The van der Waals surface area contributed by atoms with Crippen molar-refractivity contribution in [3.05, 3.63) is 29.6 Å². The number of ether oxygens (including phenoxy) is 1. The van der Waals surface area contributed by atoms with Gasteiger partial charge in [0, 0.05) is 24.3 Å².